The number of fused-ring (bicyclic) bond motifs is 1. The molecule has 0 spiro atoms. The smallest absolute Gasteiger partial charge is 0.241 e. The number of nitrogens with two attached hydrogens (primary N) is 1. The van der Waals surface area contributed by atoms with Crippen LogP contribution in [-0.2, 0) is 21.2 Å². The lowest BCUT2D eigenvalue weighted by Gasteiger charge is -2.20. The number of nitrogens with one attached hydrogen (secondary N) is 1. The molecule has 1 amide bonds. The van der Waals surface area contributed by atoms with E-state index in [0.717, 1.165) is 5.56 Å². The van der Waals surface area contributed by atoms with Gasteiger partial charge in [0, 0.05) is 6.07 Å². The number of hydrogen-bond donors (Lipinski definition) is 2. The van der Waals surface area contributed by atoms with Gasteiger partial charge >= 0.3 is 0 Å². The predicted octanol–water partition coefficient (Wildman–Crippen LogP) is 0.833. The summed E-state index contributed by atoms with van der Waals surface area (Å²) in [7, 11) is -3.94. The van der Waals surface area contributed by atoms with Gasteiger partial charge in [-0.3, -0.25) is 4.79 Å². The number of ether oxygens (including phenoxy) is 2. The molecule has 3 rings (SSSR count). The molecule has 2 aromatic carbocycles. The highest BCUT2D eigenvalue weighted by molar-refractivity contribution is 7.89. The topological polar surface area (TPSA) is 108 Å². The van der Waals surface area contributed by atoms with Crippen LogP contribution in [0.3, 0.4) is 0 Å². The summed E-state index contributed by atoms with van der Waals surface area (Å²) in [4.78, 5) is 11.7. The van der Waals surface area contributed by atoms with Crippen LogP contribution in [0.4, 0.5) is 0 Å². The van der Waals surface area contributed by atoms with Gasteiger partial charge in [0.2, 0.25) is 15.9 Å². The van der Waals surface area contributed by atoms with Crippen LogP contribution in [0.5, 0.6) is 11.5 Å². The van der Waals surface area contributed by atoms with Crippen molar-refractivity contribution in [3.8, 4) is 11.5 Å². The number of sulfonamides is 1. The number of carbonyl (C=O) groups is 1. The maximum atomic E-state index is 12.6. The average Bonchev–Trinajstić information content (AvgIpc) is 2.61. The third-order valence-corrected chi connectivity index (χ3v) is 5.22. The van der Waals surface area contributed by atoms with Gasteiger partial charge in [-0.1, -0.05) is 30.3 Å². The molecule has 1 aliphatic heterocycles. The first-order valence-corrected chi connectivity index (χ1v) is 9.19. The highest BCUT2D eigenvalue weighted by Gasteiger charge is 2.26. The standard InChI is InChI=1S/C17H18N2O5S/c18-17(20)14(10-12-4-2-1-3-5-12)19-25(21,22)13-6-7-15-16(11-13)24-9-8-23-15/h1-7,11,14,19H,8-10H2,(H2,18,20)/t14-/m0/s1. The first kappa shape index (κ1) is 17.2. The molecule has 1 aliphatic rings. The highest BCUT2D eigenvalue weighted by Crippen LogP contribution is 2.32. The number of hydrogen-bond acceptors (Lipinski definition) is 5. The van der Waals surface area contributed by atoms with Gasteiger partial charge in [-0.25, -0.2) is 8.42 Å². The largest absolute Gasteiger partial charge is 0.486 e. The summed E-state index contributed by atoms with van der Waals surface area (Å²) < 4.78 is 38.4. The summed E-state index contributed by atoms with van der Waals surface area (Å²) in [6.07, 6.45) is 0.167. The molecule has 0 aromatic heterocycles. The summed E-state index contributed by atoms with van der Waals surface area (Å²) >= 11 is 0. The average molecular weight is 362 g/mol. The molecule has 8 heteroatoms. The number of rotatable bonds is 6. The lowest BCUT2D eigenvalue weighted by molar-refractivity contribution is -0.119. The third kappa shape index (κ3) is 4.09. The molecule has 25 heavy (non-hydrogen) atoms. The molecular weight excluding hydrogens is 344 g/mol. The second kappa shape index (κ2) is 7.12. The van der Waals surface area contributed by atoms with Gasteiger partial charge in [-0.15, -0.1) is 0 Å². The van der Waals surface area contributed by atoms with Crippen molar-refractivity contribution in [3.63, 3.8) is 0 Å². The van der Waals surface area contributed by atoms with Gasteiger partial charge in [0.25, 0.3) is 0 Å². The zero-order valence-corrected chi connectivity index (χ0v) is 14.2. The first-order chi connectivity index (χ1) is 12.0. The Morgan fingerprint density at radius 2 is 1.76 bits per heavy atom. The van der Waals surface area contributed by atoms with Crippen molar-refractivity contribution in [2.75, 3.05) is 13.2 Å². The molecule has 0 fully saturated rings. The molecule has 0 bridgehead atoms. The minimum absolute atomic E-state index is 0.0175. The molecule has 0 saturated carbocycles. The van der Waals surface area contributed by atoms with Crippen LogP contribution in [0.15, 0.2) is 53.4 Å². The molecule has 1 heterocycles. The van der Waals surface area contributed by atoms with Gasteiger partial charge in [-0.05, 0) is 24.1 Å². The summed E-state index contributed by atoms with van der Waals surface area (Å²) in [5.74, 6) is 0.0960. The Kier molecular flexibility index (Phi) is 4.91. The Balaban J connectivity index is 1.82. The molecule has 3 N–H and O–H groups in total. The summed E-state index contributed by atoms with van der Waals surface area (Å²) in [5, 5.41) is 0. The van der Waals surface area contributed by atoms with Gasteiger partial charge in [0.05, 0.1) is 4.90 Å². The van der Waals surface area contributed by atoms with Crippen molar-refractivity contribution in [3.05, 3.63) is 54.1 Å². The molecule has 0 saturated heterocycles. The van der Waals surface area contributed by atoms with Crippen molar-refractivity contribution in [1.29, 1.82) is 0 Å². The van der Waals surface area contributed by atoms with E-state index in [4.69, 9.17) is 15.2 Å². The monoisotopic (exact) mass is 362 g/mol. The van der Waals surface area contributed by atoms with Crippen LogP contribution < -0.4 is 19.9 Å². The minimum atomic E-state index is -3.94. The highest BCUT2D eigenvalue weighted by atomic mass is 32.2. The number of carbonyl (C=O) groups excluding carboxylic acids is 1. The number of primary amides is 1. The van der Waals surface area contributed by atoms with Crippen molar-refractivity contribution in [2.45, 2.75) is 17.4 Å². The fraction of sp³-hybridized carbons (Fsp3) is 0.235. The van der Waals surface area contributed by atoms with Crippen molar-refractivity contribution in [1.82, 2.24) is 4.72 Å². The summed E-state index contributed by atoms with van der Waals surface area (Å²) in [5.41, 5.74) is 6.17. The maximum Gasteiger partial charge on any atom is 0.241 e. The molecule has 0 unspecified atom stereocenters. The Bertz CT molecular complexity index is 868. The van der Waals surface area contributed by atoms with E-state index in [1.807, 2.05) is 18.2 Å². The van der Waals surface area contributed by atoms with Gasteiger partial charge in [0.1, 0.15) is 19.3 Å². The first-order valence-electron chi connectivity index (χ1n) is 7.71. The van der Waals surface area contributed by atoms with Crippen LogP contribution >= 0.6 is 0 Å². The van der Waals surface area contributed by atoms with E-state index in [-0.39, 0.29) is 11.3 Å². The van der Waals surface area contributed by atoms with Crippen LogP contribution in [-0.4, -0.2) is 33.6 Å². The quantitative estimate of drug-likeness (QED) is 0.791. The third-order valence-electron chi connectivity index (χ3n) is 3.75. The van der Waals surface area contributed by atoms with Gasteiger partial charge in [-0.2, -0.15) is 4.72 Å². The molecule has 0 radical (unpaired) electrons. The zero-order chi connectivity index (χ0) is 17.9. The van der Waals surface area contributed by atoms with Crippen molar-refractivity contribution >= 4 is 15.9 Å². The van der Waals surface area contributed by atoms with Crippen molar-refractivity contribution in [2.24, 2.45) is 5.73 Å². The van der Waals surface area contributed by atoms with Crippen LogP contribution in [0, 0.1) is 0 Å². The van der Waals surface area contributed by atoms with Crippen LogP contribution in [0.1, 0.15) is 5.56 Å². The lowest BCUT2D eigenvalue weighted by atomic mass is 10.1. The van der Waals surface area contributed by atoms with E-state index in [9.17, 15) is 13.2 Å². The molecule has 132 valence electrons. The van der Waals surface area contributed by atoms with Crippen molar-refractivity contribution < 1.29 is 22.7 Å². The molecule has 2 aromatic rings. The Labute approximate surface area is 145 Å². The zero-order valence-electron chi connectivity index (χ0n) is 13.3. The fourth-order valence-electron chi connectivity index (χ4n) is 2.50. The van der Waals surface area contributed by atoms with E-state index >= 15 is 0 Å². The summed E-state index contributed by atoms with van der Waals surface area (Å²) in [6, 6.07) is 12.3. The SMILES string of the molecule is NC(=O)[C@H](Cc1ccccc1)NS(=O)(=O)c1ccc2c(c1)OCCO2. The van der Waals surface area contributed by atoms with E-state index in [1.54, 1.807) is 12.1 Å². The number of amides is 1. The summed E-state index contributed by atoms with van der Waals surface area (Å²) in [6.45, 7) is 0.764. The van der Waals surface area contributed by atoms with E-state index in [2.05, 4.69) is 4.72 Å². The van der Waals surface area contributed by atoms with Gasteiger partial charge < -0.3 is 15.2 Å². The molecular formula is C17H18N2O5S. The molecule has 1 atom stereocenters. The normalized spacial score (nSPS) is 14.7. The Hall–Kier alpha value is -2.58. The number of benzene rings is 2. The Morgan fingerprint density at radius 3 is 2.44 bits per heavy atom. The van der Waals surface area contributed by atoms with Crippen LogP contribution in [0.2, 0.25) is 0 Å². The Morgan fingerprint density at radius 1 is 1.08 bits per heavy atom. The molecule has 7 nitrogen and oxygen atoms in total. The lowest BCUT2D eigenvalue weighted by Crippen LogP contribution is -2.45. The van der Waals surface area contributed by atoms with Crippen LogP contribution in [0.25, 0.3) is 0 Å². The molecule has 0 aliphatic carbocycles. The van der Waals surface area contributed by atoms with E-state index in [0.29, 0.717) is 24.7 Å². The maximum absolute atomic E-state index is 12.6. The minimum Gasteiger partial charge on any atom is -0.486 e. The second-order valence-electron chi connectivity index (χ2n) is 5.57. The van der Waals surface area contributed by atoms with Gasteiger partial charge in [0.15, 0.2) is 11.5 Å². The van der Waals surface area contributed by atoms with E-state index in [1.165, 1.54) is 18.2 Å². The predicted molar refractivity (Wildman–Crippen MR) is 90.9 cm³/mol. The fourth-order valence-corrected chi connectivity index (χ4v) is 3.72. The second-order valence-corrected chi connectivity index (χ2v) is 7.29. The van der Waals surface area contributed by atoms with E-state index < -0.39 is 22.0 Å².